The van der Waals surface area contributed by atoms with Crippen LogP contribution in [0.5, 0.6) is 0 Å². The van der Waals surface area contributed by atoms with Crippen LogP contribution in [-0.2, 0) is 0 Å². The highest BCUT2D eigenvalue weighted by molar-refractivity contribution is 6.31. The Morgan fingerprint density at radius 2 is 0.688 bits per heavy atom. The number of nitrogens with zero attached hydrogens (tertiary/aromatic N) is 4. The largest absolute Gasteiger partial charge is 0.361 e. The number of para-hydroxylation sites is 6. The van der Waals surface area contributed by atoms with Gasteiger partial charge in [0.25, 0.3) is 0 Å². The fourth-order valence-corrected chi connectivity index (χ4v) is 11.4. The lowest BCUT2D eigenvalue weighted by molar-refractivity contribution is 0.432. The van der Waals surface area contributed by atoms with Crippen LogP contribution in [0, 0.1) is 0 Å². The molecule has 0 radical (unpaired) electrons. The molecule has 0 saturated heterocycles. The molecule has 312 valence electrons. The van der Waals surface area contributed by atoms with E-state index in [1.807, 2.05) is 36.4 Å². The van der Waals surface area contributed by atoms with Crippen LogP contribution in [0.3, 0.4) is 0 Å². The zero-order chi connectivity index (χ0) is 42.5. The topological polar surface area (TPSA) is 61.1 Å². The van der Waals surface area contributed by atoms with Crippen molar-refractivity contribution in [3.8, 4) is 0 Å². The monoisotopic (exact) mass is 872 g/mol. The van der Waals surface area contributed by atoms with Gasteiger partial charge in [-0.15, -0.1) is 0 Å². The Morgan fingerprint density at radius 3 is 1.09 bits per heavy atom. The van der Waals surface area contributed by atoms with Crippen LogP contribution in [0.2, 0.25) is 10.0 Å². The molecule has 0 amide bonds. The highest BCUT2D eigenvalue weighted by Crippen LogP contribution is 2.60. The number of fused-ring (bicyclic) bond motifs is 10. The number of hydrogen-bond donors (Lipinski definition) is 4. The van der Waals surface area contributed by atoms with Crippen molar-refractivity contribution in [2.45, 2.75) is 37.0 Å². The van der Waals surface area contributed by atoms with E-state index in [2.05, 4.69) is 199 Å². The highest BCUT2D eigenvalue weighted by atomic mass is 35.5. The van der Waals surface area contributed by atoms with Crippen LogP contribution in [0.15, 0.2) is 194 Å². The SMILES string of the molecule is Clc1cccc(N[C@@H]2c3ccccc3N3[C@H]4c5ccccc5N[C@@H]3c3ccccc3N42)c1.Clc1cccc(N[C@H]2c3ccccc3N3[C@@H]4c5ccccc5N[C@H]3c3ccccc3N42)c1. The second kappa shape index (κ2) is 14.7. The lowest BCUT2D eigenvalue weighted by Crippen LogP contribution is -2.58. The Hall–Kier alpha value is -7.26. The minimum Gasteiger partial charge on any atom is -0.361 e. The molecule has 6 heterocycles. The van der Waals surface area contributed by atoms with E-state index in [9.17, 15) is 0 Å². The number of anilines is 8. The molecular weight excluding hydrogens is 832 g/mol. The molecule has 8 aromatic carbocycles. The van der Waals surface area contributed by atoms with Gasteiger partial charge >= 0.3 is 0 Å². The van der Waals surface area contributed by atoms with Crippen LogP contribution >= 0.6 is 23.2 Å². The van der Waals surface area contributed by atoms with Crippen LogP contribution in [0.1, 0.15) is 70.4 Å². The van der Waals surface area contributed by atoms with Crippen molar-refractivity contribution < 1.29 is 0 Å². The number of halogens is 2. The van der Waals surface area contributed by atoms with Crippen molar-refractivity contribution in [1.29, 1.82) is 0 Å². The maximum atomic E-state index is 6.33. The van der Waals surface area contributed by atoms with Crippen molar-refractivity contribution >= 4 is 68.7 Å². The first-order valence-electron chi connectivity index (χ1n) is 21.8. The van der Waals surface area contributed by atoms with Crippen molar-refractivity contribution in [3.63, 3.8) is 0 Å². The molecule has 0 saturated carbocycles. The van der Waals surface area contributed by atoms with Gasteiger partial charge in [-0.2, -0.15) is 0 Å². The molecule has 6 aliphatic heterocycles. The first-order chi connectivity index (χ1) is 31.6. The van der Waals surface area contributed by atoms with Gasteiger partial charge in [-0.1, -0.05) is 145 Å². The van der Waals surface area contributed by atoms with Crippen molar-refractivity contribution in [1.82, 2.24) is 0 Å². The quantitative estimate of drug-likeness (QED) is 0.140. The smallest absolute Gasteiger partial charge is 0.134 e. The third-order valence-electron chi connectivity index (χ3n) is 13.5. The molecular formula is C54H42Cl2N8. The average molecular weight is 874 g/mol. The Labute approximate surface area is 382 Å². The number of rotatable bonds is 4. The molecule has 0 aliphatic carbocycles. The van der Waals surface area contributed by atoms with Gasteiger partial charge in [0, 0.05) is 88.9 Å². The molecule has 0 spiro atoms. The van der Waals surface area contributed by atoms with E-state index in [0.717, 1.165) is 21.4 Å². The van der Waals surface area contributed by atoms with Crippen LogP contribution < -0.4 is 40.9 Å². The molecule has 4 N–H and O–H groups in total. The van der Waals surface area contributed by atoms with Crippen molar-refractivity contribution in [2.24, 2.45) is 0 Å². The molecule has 6 aliphatic rings. The van der Waals surface area contributed by atoms with E-state index in [1.165, 1.54) is 67.5 Å². The van der Waals surface area contributed by atoms with Gasteiger partial charge in [0.05, 0.1) is 0 Å². The van der Waals surface area contributed by atoms with E-state index in [1.54, 1.807) is 0 Å². The summed E-state index contributed by atoms with van der Waals surface area (Å²) in [5.74, 6) is 0. The molecule has 8 aromatic rings. The number of benzene rings is 8. The first kappa shape index (κ1) is 37.3. The third kappa shape index (κ3) is 5.69. The summed E-state index contributed by atoms with van der Waals surface area (Å²) in [5.41, 5.74) is 17.0. The summed E-state index contributed by atoms with van der Waals surface area (Å²) in [5, 5.41) is 16.7. The second-order valence-corrected chi connectivity index (χ2v) is 17.9. The average Bonchev–Trinajstić information content (AvgIpc) is 3.33. The lowest BCUT2D eigenvalue weighted by atomic mass is 9.88. The fraction of sp³-hybridized carbons (Fsp3) is 0.111. The molecule has 8 bridgehead atoms. The summed E-state index contributed by atoms with van der Waals surface area (Å²) in [4.78, 5) is 10.1. The Morgan fingerprint density at radius 1 is 0.344 bits per heavy atom. The van der Waals surface area contributed by atoms with Gasteiger partial charge in [0.1, 0.15) is 37.0 Å². The summed E-state index contributed by atoms with van der Waals surface area (Å²) < 4.78 is 0. The molecule has 6 atom stereocenters. The summed E-state index contributed by atoms with van der Waals surface area (Å²) in [6.45, 7) is 0. The van der Waals surface area contributed by atoms with Gasteiger partial charge in [0.2, 0.25) is 0 Å². The Balaban J connectivity index is 0.000000129. The molecule has 64 heavy (non-hydrogen) atoms. The third-order valence-corrected chi connectivity index (χ3v) is 14.0. The van der Waals surface area contributed by atoms with Crippen LogP contribution in [-0.4, -0.2) is 0 Å². The standard InChI is InChI=1S/2C27H21ClN4/c2*28-17-8-7-9-18(16-17)29-25-20-11-2-5-14-23(20)32-26-21-12-3-6-15-24(21)31(25)27(32)19-10-1-4-13-22(19)30-26/h2*1-16,25-27,29-30H/t2*25-,26-,27-/m10/s1. The molecule has 14 rings (SSSR count). The summed E-state index contributed by atoms with van der Waals surface area (Å²) in [6.07, 6.45) is 0.238. The predicted octanol–water partition coefficient (Wildman–Crippen LogP) is 13.8. The van der Waals surface area contributed by atoms with Crippen molar-refractivity contribution in [2.75, 3.05) is 40.9 Å². The normalized spacial score (nSPS) is 21.7. The van der Waals surface area contributed by atoms with Crippen LogP contribution in [0.4, 0.5) is 45.5 Å². The van der Waals surface area contributed by atoms with E-state index >= 15 is 0 Å². The second-order valence-electron chi connectivity index (χ2n) is 17.0. The molecule has 10 heteroatoms. The Kier molecular flexibility index (Phi) is 8.55. The maximum Gasteiger partial charge on any atom is 0.134 e. The van der Waals surface area contributed by atoms with Crippen LogP contribution in [0.25, 0.3) is 0 Å². The van der Waals surface area contributed by atoms with E-state index in [4.69, 9.17) is 23.2 Å². The Bertz CT molecular complexity index is 2910. The number of nitrogens with one attached hydrogen (secondary N) is 4. The fourth-order valence-electron chi connectivity index (χ4n) is 11.0. The van der Waals surface area contributed by atoms with E-state index in [-0.39, 0.29) is 37.0 Å². The first-order valence-corrected chi connectivity index (χ1v) is 22.6. The zero-order valence-corrected chi connectivity index (χ0v) is 36.0. The predicted molar refractivity (Wildman–Crippen MR) is 262 cm³/mol. The minimum absolute atomic E-state index is 0.0424. The molecule has 0 aromatic heterocycles. The summed E-state index contributed by atoms with van der Waals surface area (Å²) in [6, 6.07) is 68.2. The van der Waals surface area contributed by atoms with Gasteiger partial charge in [-0.25, -0.2) is 0 Å². The van der Waals surface area contributed by atoms with Gasteiger partial charge < -0.3 is 40.9 Å². The van der Waals surface area contributed by atoms with E-state index in [0.29, 0.717) is 0 Å². The maximum absolute atomic E-state index is 6.33. The molecule has 0 fully saturated rings. The van der Waals surface area contributed by atoms with E-state index < -0.39 is 0 Å². The minimum atomic E-state index is -0.0424. The molecule has 8 nitrogen and oxygen atoms in total. The van der Waals surface area contributed by atoms with Crippen molar-refractivity contribution in [3.05, 3.63) is 238 Å². The van der Waals surface area contributed by atoms with Gasteiger partial charge in [0.15, 0.2) is 0 Å². The zero-order valence-electron chi connectivity index (χ0n) is 34.5. The summed E-state index contributed by atoms with van der Waals surface area (Å²) >= 11 is 12.7. The van der Waals surface area contributed by atoms with Gasteiger partial charge in [-0.3, -0.25) is 0 Å². The van der Waals surface area contributed by atoms with Gasteiger partial charge in [-0.05, 0) is 72.8 Å². The number of hydrogen-bond acceptors (Lipinski definition) is 8. The highest BCUT2D eigenvalue weighted by Gasteiger charge is 2.52. The summed E-state index contributed by atoms with van der Waals surface area (Å²) in [7, 11) is 0. The molecule has 0 unspecified atom stereocenters. The lowest BCUT2D eigenvalue weighted by Gasteiger charge is -2.60.